The average Bonchev–Trinajstić information content (AvgIpc) is 3.00. The van der Waals surface area contributed by atoms with Gasteiger partial charge in [-0.3, -0.25) is 4.79 Å². The van der Waals surface area contributed by atoms with Crippen LogP contribution in [0.25, 0.3) is 6.08 Å². The molecule has 3 rings (SSSR count). The molecule has 1 N–H and O–H groups in total. The first kappa shape index (κ1) is 22.5. The third kappa shape index (κ3) is 5.12. The maximum absolute atomic E-state index is 13.1. The van der Waals surface area contributed by atoms with E-state index in [-0.39, 0.29) is 17.9 Å². The van der Waals surface area contributed by atoms with Gasteiger partial charge in [0.1, 0.15) is 0 Å². The van der Waals surface area contributed by atoms with Crippen molar-refractivity contribution in [1.29, 1.82) is 0 Å². The van der Waals surface area contributed by atoms with Gasteiger partial charge in [0.15, 0.2) is 0 Å². The Morgan fingerprint density at radius 2 is 1.90 bits per heavy atom. The first-order chi connectivity index (χ1) is 14.3. The molecule has 5 nitrogen and oxygen atoms in total. The van der Waals surface area contributed by atoms with Gasteiger partial charge in [-0.05, 0) is 60.9 Å². The topological polar surface area (TPSA) is 70.0 Å². The molecule has 0 spiro atoms. The summed E-state index contributed by atoms with van der Waals surface area (Å²) in [6.07, 6.45) is 2.97. The number of hydrogen-bond donors (Lipinski definition) is 1. The Hall–Kier alpha value is -2.15. The van der Waals surface area contributed by atoms with Gasteiger partial charge >= 0.3 is 5.97 Å². The van der Waals surface area contributed by atoms with E-state index in [9.17, 15) is 14.7 Å². The van der Waals surface area contributed by atoms with Crippen LogP contribution in [0.15, 0.2) is 57.6 Å². The Kier molecular flexibility index (Phi) is 7.34. The Morgan fingerprint density at radius 3 is 2.50 bits per heavy atom. The van der Waals surface area contributed by atoms with Crippen LogP contribution in [0.3, 0.4) is 0 Å². The van der Waals surface area contributed by atoms with Crippen molar-refractivity contribution in [2.75, 3.05) is 5.01 Å². The van der Waals surface area contributed by atoms with Crippen LogP contribution in [0.1, 0.15) is 31.7 Å². The third-order valence-corrected chi connectivity index (χ3v) is 5.97. The van der Waals surface area contributed by atoms with Crippen molar-refractivity contribution in [1.82, 2.24) is 0 Å². The number of carboxylic acid groups (broad SMARTS) is 1. The van der Waals surface area contributed by atoms with Crippen molar-refractivity contribution in [3.63, 3.8) is 0 Å². The molecule has 2 aromatic carbocycles. The number of carbonyl (C=O) groups excluding carboxylic acids is 1. The number of hydrogen-bond acceptors (Lipinski definition) is 3. The summed E-state index contributed by atoms with van der Waals surface area (Å²) in [6.45, 7) is 2.00. The van der Waals surface area contributed by atoms with Gasteiger partial charge in [-0.15, -0.1) is 0 Å². The first-order valence-electron chi connectivity index (χ1n) is 9.36. The van der Waals surface area contributed by atoms with Gasteiger partial charge in [0, 0.05) is 10.0 Å². The molecule has 0 bridgehead atoms. The molecule has 0 radical (unpaired) electrons. The molecule has 0 saturated carbocycles. The summed E-state index contributed by atoms with van der Waals surface area (Å²) in [7, 11) is 0. The van der Waals surface area contributed by atoms with E-state index in [1.54, 1.807) is 30.3 Å². The molecule has 2 aromatic rings. The minimum absolute atomic E-state index is 0.0419. The maximum atomic E-state index is 13.1. The van der Waals surface area contributed by atoms with Crippen molar-refractivity contribution in [2.45, 2.75) is 26.2 Å². The molecule has 1 amide bonds. The van der Waals surface area contributed by atoms with Crippen LogP contribution in [0.5, 0.6) is 0 Å². The van der Waals surface area contributed by atoms with Gasteiger partial charge in [-0.1, -0.05) is 58.5 Å². The zero-order valence-electron chi connectivity index (χ0n) is 16.1. The largest absolute Gasteiger partial charge is 0.478 e. The Labute approximate surface area is 193 Å². The summed E-state index contributed by atoms with van der Waals surface area (Å²) in [4.78, 5) is 25.0. The van der Waals surface area contributed by atoms with Gasteiger partial charge in [0.25, 0.3) is 5.91 Å². The molecule has 156 valence electrons. The molecule has 1 aliphatic heterocycles. The monoisotopic (exact) mass is 508 g/mol. The van der Waals surface area contributed by atoms with Crippen LogP contribution in [0, 0.1) is 5.92 Å². The fourth-order valence-corrected chi connectivity index (χ4v) is 3.79. The second kappa shape index (κ2) is 9.77. The van der Waals surface area contributed by atoms with Crippen LogP contribution in [-0.2, 0) is 9.59 Å². The molecule has 8 heteroatoms. The van der Waals surface area contributed by atoms with Crippen LogP contribution in [0.2, 0.25) is 10.0 Å². The highest BCUT2D eigenvalue weighted by Gasteiger charge is 2.37. The highest BCUT2D eigenvalue weighted by atomic mass is 79.9. The minimum Gasteiger partial charge on any atom is -0.478 e. The highest BCUT2D eigenvalue weighted by Crippen LogP contribution is 2.31. The average molecular weight is 510 g/mol. The number of anilines is 1. The number of nitrogens with zero attached hydrogens (tertiary/aromatic N) is 2. The minimum atomic E-state index is -1.09. The predicted octanol–water partition coefficient (Wildman–Crippen LogP) is 6.43. The number of rotatable bonds is 7. The molecule has 0 aliphatic carbocycles. The summed E-state index contributed by atoms with van der Waals surface area (Å²) < 4.78 is 0.893. The smallest absolute Gasteiger partial charge is 0.331 e. The lowest BCUT2D eigenvalue weighted by atomic mass is 9.91. The fourth-order valence-electron chi connectivity index (χ4n) is 3.22. The van der Waals surface area contributed by atoms with E-state index in [1.807, 2.05) is 19.1 Å². The van der Waals surface area contributed by atoms with Crippen LogP contribution in [0.4, 0.5) is 5.69 Å². The van der Waals surface area contributed by atoms with Gasteiger partial charge in [0.05, 0.1) is 27.4 Å². The van der Waals surface area contributed by atoms with E-state index < -0.39 is 11.9 Å². The lowest BCUT2D eigenvalue weighted by molar-refractivity contribution is -0.132. The zero-order chi connectivity index (χ0) is 21.8. The van der Waals surface area contributed by atoms with E-state index in [4.69, 9.17) is 23.2 Å². The number of halogens is 3. The van der Waals surface area contributed by atoms with Crippen LogP contribution >= 0.6 is 39.1 Å². The number of carbonyl (C=O) groups is 2. The summed E-state index contributed by atoms with van der Waals surface area (Å²) in [5.41, 5.74) is 2.04. The molecule has 0 aromatic heterocycles. The highest BCUT2D eigenvalue weighted by molar-refractivity contribution is 9.10. The normalized spacial score (nSPS) is 16.7. The van der Waals surface area contributed by atoms with Crippen molar-refractivity contribution in [3.8, 4) is 0 Å². The SMILES string of the molecule is CCCC1=NN(c2ccc(Br)cc2)C(=O)C1C/C(=C/c1ccc(Cl)c(Cl)c1)C(=O)O. The number of benzene rings is 2. The van der Waals surface area contributed by atoms with E-state index >= 15 is 0 Å². The molecule has 1 aliphatic rings. The maximum Gasteiger partial charge on any atom is 0.331 e. The van der Waals surface area contributed by atoms with Crippen LogP contribution in [-0.4, -0.2) is 22.7 Å². The predicted molar refractivity (Wildman–Crippen MR) is 124 cm³/mol. The number of aliphatic carboxylic acids is 1. The first-order valence-corrected chi connectivity index (χ1v) is 10.9. The number of amides is 1. The van der Waals surface area contributed by atoms with Gasteiger partial charge in [-0.2, -0.15) is 5.10 Å². The van der Waals surface area contributed by atoms with Gasteiger partial charge in [0.2, 0.25) is 0 Å². The van der Waals surface area contributed by atoms with Crippen molar-refractivity contribution in [3.05, 3.63) is 68.1 Å². The summed E-state index contributed by atoms with van der Waals surface area (Å²) >= 11 is 15.4. The second-order valence-electron chi connectivity index (χ2n) is 6.87. The summed E-state index contributed by atoms with van der Waals surface area (Å²) in [6, 6.07) is 12.1. The Morgan fingerprint density at radius 1 is 1.20 bits per heavy atom. The van der Waals surface area contributed by atoms with E-state index in [2.05, 4.69) is 21.0 Å². The molecule has 1 unspecified atom stereocenters. The number of hydrazone groups is 1. The van der Waals surface area contributed by atoms with Gasteiger partial charge < -0.3 is 5.11 Å². The summed E-state index contributed by atoms with van der Waals surface area (Å²) in [5.74, 6) is -1.95. The molecule has 1 heterocycles. The molecule has 0 fully saturated rings. The lowest BCUT2D eigenvalue weighted by Crippen LogP contribution is -2.28. The lowest BCUT2D eigenvalue weighted by Gasteiger charge is -2.15. The summed E-state index contributed by atoms with van der Waals surface area (Å²) in [5, 5.41) is 16.3. The fraction of sp³-hybridized carbons (Fsp3) is 0.227. The number of carboxylic acids is 1. The molecule has 30 heavy (non-hydrogen) atoms. The standard InChI is InChI=1S/C22H19BrCl2N2O3/c1-2-3-20-17(21(28)27(26-20)16-7-5-15(23)6-8-16)12-14(22(29)30)10-13-4-9-18(24)19(25)11-13/h4-11,17H,2-3,12H2,1H3,(H,29,30)/b14-10-. The van der Waals surface area contributed by atoms with Gasteiger partial charge in [-0.25, -0.2) is 9.80 Å². The molecular formula is C22H19BrCl2N2O3. The zero-order valence-corrected chi connectivity index (χ0v) is 19.2. The Bertz CT molecular complexity index is 1040. The van der Waals surface area contributed by atoms with Crippen LogP contribution < -0.4 is 5.01 Å². The molecule has 1 atom stereocenters. The van der Waals surface area contributed by atoms with E-state index in [0.717, 1.165) is 10.9 Å². The Balaban J connectivity index is 1.91. The second-order valence-corrected chi connectivity index (χ2v) is 8.60. The quantitative estimate of drug-likeness (QED) is 0.437. The van der Waals surface area contributed by atoms with E-state index in [1.165, 1.54) is 11.1 Å². The van der Waals surface area contributed by atoms with Crippen molar-refractivity contribution >= 4 is 68.5 Å². The third-order valence-electron chi connectivity index (χ3n) is 4.70. The molecule has 0 saturated heterocycles. The van der Waals surface area contributed by atoms with Crippen molar-refractivity contribution in [2.24, 2.45) is 11.0 Å². The molecular weight excluding hydrogens is 491 g/mol. The van der Waals surface area contributed by atoms with E-state index in [0.29, 0.717) is 33.4 Å². The van der Waals surface area contributed by atoms with Crippen molar-refractivity contribution < 1.29 is 14.7 Å².